The second-order valence-electron chi connectivity index (χ2n) is 10.3. The van der Waals surface area contributed by atoms with Crippen molar-refractivity contribution < 1.29 is 14.3 Å². The second kappa shape index (κ2) is 13.6. The Kier molecular flexibility index (Phi) is 9.99. The Morgan fingerprint density at radius 2 is 1.58 bits per heavy atom. The Labute approximate surface area is 234 Å². The minimum Gasteiger partial charge on any atom is -0.484 e. The van der Waals surface area contributed by atoms with E-state index >= 15 is 0 Å². The molecule has 38 heavy (non-hydrogen) atoms. The molecule has 2 amide bonds. The zero-order valence-electron chi connectivity index (χ0n) is 22.3. The maximum atomic E-state index is 13.8. The van der Waals surface area contributed by atoms with Gasteiger partial charge in [-0.05, 0) is 73.2 Å². The van der Waals surface area contributed by atoms with Crippen LogP contribution in [0.25, 0.3) is 0 Å². The van der Waals surface area contributed by atoms with Crippen LogP contribution in [0.5, 0.6) is 5.75 Å². The molecule has 0 aliphatic heterocycles. The minimum atomic E-state index is -0.654. The molecule has 0 radical (unpaired) electrons. The van der Waals surface area contributed by atoms with E-state index in [1.165, 1.54) is 6.42 Å². The third-order valence-electron chi connectivity index (χ3n) is 7.05. The normalized spacial score (nSPS) is 14.5. The van der Waals surface area contributed by atoms with Gasteiger partial charge < -0.3 is 15.0 Å². The first-order valence-electron chi connectivity index (χ1n) is 13.5. The minimum absolute atomic E-state index is 0.0994. The van der Waals surface area contributed by atoms with Crippen molar-refractivity contribution in [1.82, 2.24) is 10.2 Å². The summed E-state index contributed by atoms with van der Waals surface area (Å²) in [5.41, 5.74) is 4.12. The molecule has 4 rings (SSSR count). The summed E-state index contributed by atoms with van der Waals surface area (Å²) in [4.78, 5) is 29.3. The molecule has 1 fully saturated rings. The van der Waals surface area contributed by atoms with Gasteiger partial charge in [-0.15, -0.1) is 0 Å². The van der Waals surface area contributed by atoms with E-state index in [9.17, 15) is 9.59 Å². The van der Waals surface area contributed by atoms with Crippen molar-refractivity contribution in [3.05, 3.63) is 99.5 Å². The largest absolute Gasteiger partial charge is 0.484 e. The van der Waals surface area contributed by atoms with Gasteiger partial charge in [0.25, 0.3) is 5.91 Å². The van der Waals surface area contributed by atoms with Crippen LogP contribution in [0.4, 0.5) is 0 Å². The van der Waals surface area contributed by atoms with E-state index in [-0.39, 0.29) is 24.5 Å². The van der Waals surface area contributed by atoms with E-state index in [0.29, 0.717) is 18.7 Å². The third-order valence-corrected chi connectivity index (χ3v) is 7.58. The highest BCUT2D eigenvalue weighted by Crippen LogP contribution is 2.21. The summed E-state index contributed by atoms with van der Waals surface area (Å²) in [6.07, 6.45) is 5.87. The van der Waals surface area contributed by atoms with Crippen molar-refractivity contribution in [2.75, 3.05) is 6.61 Å². The topological polar surface area (TPSA) is 58.6 Å². The number of carbonyl (C=O) groups is 2. The molecule has 1 N–H and O–H groups in total. The fourth-order valence-corrected chi connectivity index (χ4v) is 5.39. The molecule has 3 aromatic carbocycles. The highest BCUT2D eigenvalue weighted by molar-refractivity contribution is 9.10. The first-order valence-corrected chi connectivity index (χ1v) is 14.3. The molecule has 1 aliphatic rings. The van der Waals surface area contributed by atoms with Crippen LogP contribution < -0.4 is 10.1 Å². The number of hydrogen-bond donors (Lipinski definition) is 1. The van der Waals surface area contributed by atoms with Crippen molar-refractivity contribution in [3.8, 4) is 5.75 Å². The number of ether oxygens (including phenoxy) is 1. The highest BCUT2D eigenvalue weighted by atomic mass is 79.9. The van der Waals surface area contributed by atoms with Crippen LogP contribution in [0.1, 0.15) is 54.4 Å². The van der Waals surface area contributed by atoms with Crippen molar-refractivity contribution in [2.24, 2.45) is 0 Å². The predicted molar refractivity (Wildman–Crippen MR) is 155 cm³/mol. The van der Waals surface area contributed by atoms with E-state index in [2.05, 4.69) is 27.3 Å². The SMILES string of the molecule is Cc1cc(C)cc(OCC(=O)N(Cc2ccc(Br)cc2)C(Cc2ccccc2)C(=O)NC2CCCCC2)c1. The molecule has 1 unspecified atom stereocenters. The van der Waals surface area contributed by atoms with Crippen LogP contribution in [0, 0.1) is 13.8 Å². The van der Waals surface area contributed by atoms with Crippen molar-refractivity contribution in [3.63, 3.8) is 0 Å². The molecule has 200 valence electrons. The lowest BCUT2D eigenvalue weighted by Crippen LogP contribution is -2.53. The van der Waals surface area contributed by atoms with Crippen molar-refractivity contribution >= 4 is 27.7 Å². The second-order valence-corrected chi connectivity index (χ2v) is 11.2. The van der Waals surface area contributed by atoms with Gasteiger partial charge in [-0.2, -0.15) is 0 Å². The number of halogens is 1. The van der Waals surface area contributed by atoms with Gasteiger partial charge in [0.2, 0.25) is 5.91 Å². The molecule has 3 aromatic rings. The Bertz CT molecular complexity index is 1190. The van der Waals surface area contributed by atoms with Gasteiger partial charge in [0.15, 0.2) is 6.61 Å². The number of carbonyl (C=O) groups excluding carboxylic acids is 2. The van der Waals surface area contributed by atoms with Gasteiger partial charge in [-0.25, -0.2) is 0 Å². The summed E-state index contributed by atoms with van der Waals surface area (Å²) in [6.45, 7) is 4.19. The van der Waals surface area contributed by atoms with Crippen LogP contribution in [-0.4, -0.2) is 35.4 Å². The third kappa shape index (κ3) is 8.19. The molecule has 0 aromatic heterocycles. The molecule has 1 atom stereocenters. The van der Waals surface area contributed by atoms with E-state index in [4.69, 9.17) is 4.74 Å². The van der Waals surface area contributed by atoms with E-state index < -0.39 is 6.04 Å². The number of nitrogens with one attached hydrogen (secondary N) is 1. The number of hydrogen-bond acceptors (Lipinski definition) is 3. The molecular formula is C32H37BrN2O3. The number of benzene rings is 3. The Morgan fingerprint density at radius 3 is 2.24 bits per heavy atom. The summed E-state index contributed by atoms with van der Waals surface area (Å²) in [5, 5.41) is 3.28. The number of aryl methyl sites for hydroxylation is 2. The quantitative estimate of drug-likeness (QED) is 0.298. The average molecular weight is 578 g/mol. The summed E-state index contributed by atoms with van der Waals surface area (Å²) >= 11 is 3.49. The number of nitrogens with zero attached hydrogens (tertiary/aromatic N) is 1. The zero-order chi connectivity index (χ0) is 26.9. The molecule has 5 nitrogen and oxygen atoms in total. The van der Waals surface area contributed by atoms with Gasteiger partial charge in [-0.3, -0.25) is 9.59 Å². The lowest BCUT2D eigenvalue weighted by molar-refractivity contribution is -0.143. The Morgan fingerprint density at radius 1 is 0.921 bits per heavy atom. The van der Waals surface area contributed by atoms with Crippen LogP contribution >= 0.6 is 15.9 Å². The zero-order valence-corrected chi connectivity index (χ0v) is 23.9. The molecular weight excluding hydrogens is 540 g/mol. The Balaban J connectivity index is 1.61. The molecule has 6 heteroatoms. The summed E-state index contributed by atoms with van der Waals surface area (Å²) in [7, 11) is 0. The summed E-state index contributed by atoms with van der Waals surface area (Å²) in [6, 6.07) is 23.2. The van der Waals surface area contributed by atoms with Crippen molar-refractivity contribution in [2.45, 2.75) is 71.0 Å². The van der Waals surface area contributed by atoms with Gasteiger partial charge in [0.1, 0.15) is 11.8 Å². The first-order chi connectivity index (χ1) is 18.4. The fraction of sp³-hybridized carbons (Fsp3) is 0.375. The summed E-state index contributed by atoms with van der Waals surface area (Å²) in [5.74, 6) is 0.343. The maximum absolute atomic E-state index is 13.8. The van der Waals surface area contributed by atoms with Crippen molar-refractivity contribution in [1.29, 1.82) is 0 Å². The molecule has 0 saturated heterocycles. The van der Waals surface area contributed by atoms with Crippen LogP contribution in [-0.2, 0) is 22.6 Å². The van der Waals surface area contributed by atoms with E-state index in [0.717, 1.165) is 52.4 Å². The maximum Gasteiger partial charge on any atom is 0.261 e. The van der Waals surface area contributed by atoms with Crippen LogP contribution in [0.3, 0.4) is 0 Å². The summed E-state index contributed by atoms with van der Waals surface area (Å²) < 4.78 is 6.93. The molecule has 1 aliphatic carbocycles. The fourth-order valence-electron chi connectivity index (χ4n) is 5.13. The lowest BCUT2D eigenvalue weighted by atomic mass is 9.94. The lowest BCUT2D eigenvalue weighted by Gasteiger charge is -2.33. The standard InChI is InChI=1S/C32H37BrN2O3/c1-23-17-24(2)19-29(18-23)38-22-31(36)35(21-26-13-15-27(33)16-14-26)30(20-25-9-5-3-6-10-25)32(37)34-28-11-7-4-8-12-28/h3,5-6,9-10,13-19,28,30H,4,7-8,11-12,20-22H2,1-2H3,(H,34,37). The molecule has 0 spiro atoms. The number of rotatable bonds is 10. The van der Waals surface area contributed by atoms with E-state index in [1.807, 2.05) is 80.6 Å². The van der Waals surface area contributed by atoms with Gasteiger partial charge in [0, 0.05) is 23.5 Å². The monoisotopic (exact) mass is 576 g/mol. The average Bonchev–Trinajstić information content (AvgIpc) is 2.91. The smallest absolute Gasteiger partial charge is 0.261 e. The number of amides is 2. The highest BCUT2D eigenvalue weighted by Gasteiger charge is 2.32. The predicted octanol–water partition coefficient (Wildman–Crippen LogP) is 6.53. The molecule has 0 heterocycles. The first kappa shape index (κ1) is 27.9. The van der Waals surface area contributed by atoms with Gasteiger partial charge >= 0.3 is 0 Å². The van der Waals surface area contributed by atoms with Crippen LogP contribution in [0.15, 0.2) is 77.3 Å². The van der Waals surface area contributed by atoms with E-state index in [1.54, 1.807) is 4.90 Å². The van der Waals surface area contributed by atoms with Gasteiger partial charge in [-0.1, -0.05) is 83.7 Å². The van der Waals surface area contributed by atoms with Gasteiger partial charge in [0.05, 0.1) is 0 Å². The molecule has 1 saturated carbocycles. The molecule has 0 bridgehead atoms. The van der Waals surface area contributed by atoms with Crippen LogP contribution in [0.2, 0.25) is 0 Å². The Hall–Kier alpha value is -3.12.